The van der Waals surface area contributed by atoms with Crippen molar-refractivity contribution in [1.82, 2.24) is 0 Å². The van der Waals surface area contributed by atoms with E-state index >= 15 is 0 Å². The molecule has 1 aliphatic rings. The second-order valence-corrected chi connectivity index (χ2v) is 2.04. The van der Waals surface area contributed by atoms with Crippen molar-refractivity contribution in [2.45, 2.75) is 6.42 Å². The standard InChI is InChI=1S/C8H9N/c1-7-2-4-8(6-9)5-3-7/h2,4-6,9H,1,3H2. The minimum Gasteiger partial charge on any atom is -0.308 e. The van der Waals surface area contributed by atoms with Gasteiger partial charge < -0.3 is 5.41 Å². The molecule has 0 aromatic heterocycles. The van der Waals surface area contributed by atoms with Gasteiger partial charge in [0.05, 0.1) is 0 Å². The third-order valence-corrected chi connectivity index (χ3v) is 1.28. The van der Waals surface area contributed by atoms with Crippen LogP contribution in [0.2, 0.25) is 0 Å². The van der Waals surface area contributed by atoms with E-state index in [9.17, 15) is 0 Å². The van der Waals surface area contributed by atoms with Crippen LogP contribution in [0.5, 0.6) is 0 Å². The van der Waals surface area contributed by atoms with E-state index in [4.69, 9.17) is 5.41 Å². The van der Waals surface area contributed by atoms with Crippen molar-refractivity contribution in [3.8, 4) is 0 Å². The number of hydrogen-bond donors (Lipinski definition) is 1. The molecule has 9 heavy (non-hydrogen) atoms. The van der Waals surface area contributed by atoms with Crippen LogP contribution in [0.15, 0.2) is 36.0 Å². The minimum absolute atomic E-state index is 0.890. The number of allylic oxidation sites excluding steroid dienone is 5. The van der Waals surface area contributed by atoms with E-state index in [1.165, 1.54) is 6.21 Å². The van der Waals surface area contributed by atoms with Crippen LogP contribution in [0.1, 0.15) is 6.42 Å². The van der Waals surface area contributed by atoms with Crippen molar-refractivity contribution < 1.29 is 0 Å². The molecule has 0 aromatic rings. The molecule has 0 atom stereocenters. The van der Waals surface area contributed by atoms with Gasteiger partial charge in [-0.25, -0.2) is 0 Å². The first-order chi connectivity index (χ1) is 4.33. The van der Waals surface area contributed by atoms with E-state index in [2.05, 4.69) is 6.58 Å². The largest absolute Gasteiger partial charge is 0.308 e. The molecule has 0 saturated carbocycles. The van der Waals surface area contributed by atoms with Crippen molar-refractivity contribution in [3.05, 3.63) is 36.0 Å². The Balaban J connectivity index is 2.73. The van der Waals surface area contributed by atoms with Gasteiger partial charge in [-0.1, -0.05) is 30.4 Å². The van der Waals surface area contributed by atoms with E-state index in [0.717, 1.165) is 17.6 Å². The summed E-state index contributed by atoms with van der Waals surface area (Å²) in [5.74, 6) is 0. The predicted octanol–water partition coefficient (Wildman–Crippen LogP) is 2.08. The fraction of sp³-hybridized carbons (Fsp3) is 0.125. The van der Waals surface area contributed by atoms with Crippen LogP contribution >= 0.6 is 0 Å². The first kappa shape index (κ1) is 6.02. The maximum absolute atomic E-state index is 6.89. The second-order valence-electron chi connectivity index (χ2n) is 2.04. The van der Waals surface area contributed by atoms with E-state index in [0.29, 0.717) is 0 Å². The molecular formula is C8H9N. The van der Waals surface area contributed by atoms with E-state index in [1.54, 1.807) is 0 Å². The highest BCUT2D eigenvalue weighted by Crippen LogP contribution is 2.11. The molecule has 0 unspecified atom stereocenters. The Morgan fingerprint density at radius 3 is 2.78 bits per heavy atom. The zero-order valence-electron chi connectivity index (χ0n) is 5.22. The monoisotopic (exact) mass is 119 g/mol. The van der Waals surface area contributed by atoms with Crippen LogP contribution in [0, 0.1) is 5.41 Å². The topological polar surface area (TPSA) is 23.9 Å². The molecule has 1 N–H and O–H groups in total. The second kappa shape index (κ2) is 2.44. The smallest absolute Gasteiger partial charge is 0.0247 e. The first-order valence-corrected chi connectivity index (χ1v) is 2.89. The molecule has 0 radical (unpaired) electrons. The highest BCUT2D eigenvalue weighted by Gasteiger charge is 1.94. The van der Waals surface area contributed by atoms with Crippen LogP contribution in [0.25, 0.3) is 0 Å². The molecule has 1 nitrogen and oxygen atoms in total. The van der Waals surface area contributed by atoms with Gasteiger partial charge in [0.15, 0.2) is 0 Å². The third-order valence-electron chi connectivity index (χ3n) is 1.28. The van der Waals surface area contributed by atoms with Crippen molar-refractivity contribution in [3.63, 3.8) is 0 Å². The number of nitrogens with one attached hydrogen (secondary N) is 1. The SMILES string of the molecule is C=C1C=CC(C=N)=CC1. The van der Waals surface area contributed by atoms with Crippen LogP contribution in [-0.4, -0.2) is 6.21 Å². The molecule has 0 heterocycles. The van der Waals surface area contributed by atoms with Gasteiger partial charge in [0.25, 0.3) is 0 Å². The molecular weight excluding hydrogens is 110 g/mol. The summed E-state index contributed by atoms with van der Waals surface area (Å²) in [5.41, 5.74) is 2.09. The molecule has 1 heteroatoms. The van der Waals surface area contributed by atoms with Crippen LogP contribution in [0.3, 0.4) is 0 Å². The highest BCUT2D eigenvalue weighted by molar-refractivity contribution is 5.80. The fourth-order valence-electron chi connectivity index (χ4n) is 0.706. The average molecular weight is 119 g/mol. The highest BCUT2D eigenvalue weighted by atomic mass is 14.3. The Hall–Kier alpha value is -1.11. The zero-order chi connectivity index (χ0) is 6.69. The van der Waals surface area contributed by atoms with Gasteiger partial charge in [-0.3, -0.25) is 0 Å². The van der Waals surface area contributed by atoms with Crippen molar-refractivity contribution >= 4 is 6.21 Å². The summed E-state index contributed by atoms with van der Waals surface area (Å²) in [7, 11) is 0. The summed E-state index contributed by atoms with van der Waals surface area (Å²) in [6.07, 6.45) is 8.08. The number of hydrogen-bond acceptors (Lipinski definition) is 1. The molecule has 1 rings (SSSR count). The van der Waals surface area contributed by atoms with Crippen LogP contribution < -0.4 is 0 Å². The van der Waals surface area contributed by atoms with Crippen molar-refractivity contribution in [2.75, 3.05) is 0 Å². The molecule has 1 aliphatic carbocycles. The lowest BCUT2D eigenvalue weighted by Gasteiger charge is -2.01. The predicted molar refractivity (Wildman–Crippen MR) is 39.8 cm³/mol. The molecule has 0 bridgehead atoms. The summed E-state index contributed by atoms with van der Waals surface area (Å²) in [6.45, 7) is 3.78. The minimum atomic E-state index is 0.890. The Morgan fingerprint density at radius 1 is 1.56 bits per heavy atom. The normalized spacial score (nSPS) is 17.3. The molecule has 0 aromatic carbocycles. The lowest BCUT2D eigenvalue weighted by atomic mass is 10.1. The average Bonchev–Trinajstić information content (AvgIpc) is 1.90. The van der Waals surface area contributed by atoms with Gasteiger partial charge in [-0.05, 0) is 12.0 Å². The van der Waals surface area contributed by atoms with E-state index in [1.807, 2.05) is 18.2 Å². The Bertz CT molecular complexity index is 197. The van der Waals surface area contributed by atoms with Gasteiger partial charge in [-0.15, -0.1) is 0 Å². The maximum atomic E-state index is 6.89. The van der Waals surface area contributed by atoms with Gasteiger partial charge >= 0.3 is 0 Å². The molecule has 0 fully saturated rings. The maximum Gasteiger partial charge on any atom is 0.0247 e. The summed E-state index contributed by atoms with van der Waals surface area (Å²) in [6, 6.07) is 0. The summed E-state index contributed by atoms with van der Waals surface area (Å²) in [4.78, 5) is 0. The molecule has 0 amide bonds. The fourth-order valence-corrected chi connectivity index (χ4v) is 0.706. The summed E-state index contributed by atoms with van der Waals surface area (Å²) >= 11 is 0. The zero-order valence-corrected chi connectivity index (χ0v) is 5.22. The quantitative estimate of drug-likeness (QED) is 0.511. The Labute approximate surface area is 54.9 Å². The number of rotatable bonds is 1. The van der Waals surface area contributed by atoms with E-state index < -0.39 is 0 Å². The van der Waals surface area contributed by atoms with Gasteiger partial charge in [-0.2, -0.15) is 0 Å². The van der Waals surface area contributed by atoms with Gasteiger partial charge in [0.2, 0.25) is 0 Å². The van der Waals surface area contributed by atoms with Gasteiger partial charge in [0.1, 0.15) is 0 Å². The van der Waals surface area contributed by atoms with Crippen LogP contribution in [0.4, 0.5) is 0 Å². The molecule has 0 aliphatic heterocycles. The Kier molecular flexibility index (Phi) is 1.63. The van der Waals surface area contributed by atoms with E-state index in [-0.39, 0.29) is 0 Å². The summed E-state index contributed by atoms with van der Waals surface area (Å²) < 4.78 is 0. The van der Waals surface area contributed by atoms with Gasteiger partial charge in [0, 0.05) is 6.21 Å². The molecule has 0 saturated heterocycles. The van der Waals surface area contributed by atoms with Crippen molar-refractivity contribution in [1.29, 1.82) is 5.41 Å². The lowest BCUT2D eigenvalue weighted by molar-refractivity contribution is 1.26. The van der Waals surface area contributed by atoms with Crippen LogP contribution in [-0.2, 0) is 0 Å². The summed E-state index contributed by atoms with van der Waals surface area (Å²) in [5, 5.41) is 6.89. The lowest BCUT2D eigenvalue weighted by Crippen LogP contribution is -1.85. The Morgan fingerprint density at radius 2 is 2.33 bits per heavy atom. The third kappa shape index (κ3) is 1.39. The van der Waals surface area contributed by atoms with Crippen molar-refractivity contribution in [2.24, 2.45) is 0 Å². The molecule has 46 valence electrons. The molecule has 0 spiro atoms. The first-order valence-electron chi connectivity index (χ1n) is 2.89.